The lowest BCUT2D eigenvalue weighted by molar-refractivity contribution is 0.286. The molecular formula is C8H7NO2. The van der Waals surface area contributed by atoms with Crippen LogP contribution in [0.15, 0.2) is 0 Å². The fourth-order valence-corrected chi connectivity index (χ4v) is 2.80. The van der Waals surface area contributed by atoms with E-state index in [2.05, 4.69) is 6.07 Å². The van der Waals surface area contributed by atoms with Gasteiger partial charge in [-0.3, -0.25) is 0 Å². The minimum atomic E-state index is 0.252. The number of rotatable bonds is 0. The van der Waals surface area contributed by atoms with Gasteiger partial charge in [-0.15, -0.1) is 0 Å². The number of fused-ring (bicyclic) bond motifs is 6. The zero-order chi connectivity index (χ0) is 7.16. The van der Waals surface area contributed by atoms with E-state index in [1.807, 2.05) is 0 Å². The first kappa shape index (κ1) is 5.13. The van der Waals surface area contributed by atoms with Crippen molar-refractivity contribution in [2.45, 2.75) is 24.4 Å². The molecule has 0 N–H and O–H groups in total. The van der Waals surface area contributed by atoms with Crippen LogP contribution in [-0.4, -0.2) is 24.4 Å². The highest BCUT2D eigenvalue weighted by molar-refractivity contribution is 5.28. The third kappa shape index (κ3) is 0.412. The van der Waals surface area contributed by atoms with Crippen molar-refractivity contribution in [2.24, 2.45) is 17.8 Å². The molecule has 2 heterocycles. The molecule has 0 aromatic heterocycles. The zero-order valence-electron chi connectivity index (χ0n) is 5.81. The Balaban J connectivity index is 1.75. The van der Waals surface area contributed by atoms with Gasteiger partial charge in [0.05, 0.1) is 24.2 Å². The average molecular weight is 149 g/mol. The van der Waals surface area contributed by atoms with E-state index in [0.29, 0.717) is 36.3 Å². The summed E-state index contributed by atoms with van der Waals surface area (Å²) in [6, 6.07) is 2.34. The second-order valence-corrected chi connectivity index (χ2v) is 3.94. The first-order valence-corrected chi connectivity index (χ1v) is 4.12. The van der Waals surface area contributed by atoms with Crippen LogP contribution in [0.4, 0.5) is 0 Å². The first-order valence-electron chi connectivity index (χ1n) is 4.12. The van der Waals surface area contributed by atoms with Gasteiger partial charge in [0.25, 0.3) is 0 Å². The Morgan fingerprint density at radius 3 is 1.91 bits per heavy atom. The summed E-state index contributed by atoms with van der Waals surface area (Å²) in [5.41, 5.74) is 0. The van der Waals surface area contributed by atoms with Crippen LogP contribution in [-0.2, 0) is 9.47 Å². The third-order valence-corrected chi connectivity index (χ3v) is 3.49. The van der Waals surface area contributed by atoms with Crippen LogP contribution in [0.2, 0.25) is 0 Å². The molecule has 4 rings (SSSR count). The Morgan fingerprint density at radius 2 is 1.45 bits per heavy atom. The maximum atomic E-state index is 8.75. The Morgan fingerprint density at radius 1 is 0.909 bits per heavy atom. The summed E-state index contributed by atoms with van der Waals surface area (Å²) in [4.78, 5) is 0. The van der Waals surface area contributed by atoms with Gasteiger partial charge in [-0.25, -0.2) is 0 Å². The molecule has 2 saturated carbocycles. The van der Waals surface area contributed by atoms with E-state index < -0.39 is 0 Å². The second-order valence-electron chi connectivity index (χ2n) is 3.94. The van der Waals surface area contributed by atoms with Gasteiger partial charge in [0.2, 0.25) is 0 Å². The molecule has 11 heavy (non-hydrogen) atoms. The number of epoxide rings is 2. The molecule has 7 atom stereocenters. The van der Waals surface area contributed by atoms with Gasteiger partial charge in [0.1, 0.15) is 12.2 Å². The Hall–Kier alpha value is -0.590. The van der Waals surface area contributed by atoms with Crippen molar-refractivity contribution in [2.75, 3.05) is 0 Å². The second kappa shape index (κ2) is 1.21. The van der Waals surface area contributed by atoms with E-state index in [0.717, 1.165) is 0 Å². The van der Waals surface area contributed by atoms with Gasteiger partial charge in [-0.2, -0.15) is 5.26 Å². The summed E-state index contributed by atoms with van der Waals surface area (Å²) in [7, 11) is 0. The molecule has 0 aromatic carbocycles. The van der Waals surface area contributed by atoms with E-state index in [9.17, 15) is 0 Å². The zero-order valence-corrected chi connectivity index (χ0v) is 5.81. The van der Waals surface area contributed by atoms with Crippen molar-refractivity contribution in [3.63, 3.8) is 0 Å². The number of nitrogens with zero attached hydrogens (tertiary/aromatic N) is 1. The normalized spacial score (nSPS) is 73.5. The summed E-state index contributed by atoms with van der Waals surface area (Å²) < 4.78 is 10.9. The highest BCUT2D eigenvalue weighted by Crippen LogP contribution is 2.67. The standard InChI is InChI=1S/C8H7NO2/c9-1-2-3-4(2)6-8(11-6)7-5(3)10-7/h2-8H/t2?,3-,4+,5+,6-,7-,8-/m0/s1. The molecule has 3 nitrogen and oxygen atoms in total. The van der Waals surface area contributed by atoms with Crippen LogP contribution < -0.4 is 0 Å². The SMILES string of the molecule is N#CC1[C@@H]2[C@H]3O[C@@H]3[C@H]3O[C@H]3[C@H]12. The number of nitriles is 1. The topological polar surface area (TPSA) is 48.9 Å². The largest absolute Gasteiger partial charge is 0.366 e. The number of ether oxygens (including phenoxy) is 2. The minimum Gasteiger partial charge on any atom is -0.366 e. The Kier molecular flexibility index (Phi) is 0.566. The van der Waals surface area contributed by atoms with Gasteiger partial charge in [0, 0.05) is 11.8 Å². The third-order valence-electron chi connectivity index (χ3n) is 3.49. The van der Waals surface area contributed by atoms with E-state index in [-0.39, 0.29) is 5.92 Å². The van der Waals surface area contributed by atoms with Gasteiger partial charge < -0.3 is 9.47 Å². The number of hydrogen-bond donors (Lipinski definition) is 0. The van der Waals surface area contributed by atoms with E-state index in [1.165, 1.54) is 0 Å². The van der Waals surface area contributed by atoms with Crippen LogP contribution in [0.25, 0.3) is 0 Å². The van der Waals surface area contributed by atoms with Gasteiger partial charge in [0.15, 0.2) is 0 Å². The molecule has 0 bridgehead atoms. The highest BCUT2D eigenvalue weighted by Gasteiger charge is 2.79. The molecule has 4 aliphatic rings. The maximum absolute atomic E-state index is 8.75. The Labute approximate surface area is 63.9 Å². The summed E-state index contributed by atoms with van der Waals surface area (Å²) in [5.74, 6) is 1.32. The molecule has 0 spiro atoms. The molecule has 0 aromatic rings. The molecule has 4 fully saturated rings. The summed E-state index contributed by atoms with van der Waals surface area (Å²) in [6.45, 7) is 0. The molecule has 3 heteroatoms. The van der Waals surface area contributed by atoms with Crippen molar-refractivity contribution in [3.8, 4) is 6.07 Å². The van der Waals surface area contributed by atoms with Crippen molar-refractivity contribution < 1.29 is 9.47 Å². The van der Waals surface area contributed by atoms with Gasteiger partial charge >= 0.3 is 0 Å². The van der Waals surface area contributed by atoms with Crippen molar-refractivity contribution >= 4 is 0 Å². The van der Waals surface area contributed by atoms with E-state index in [4.69, 9.17) is 14.7 Å². The minimum absolute atomic E-state index is 0.252. The van der Waals surface area contributed by atoms with Crippen molar-refractivity contribution in [1.82, 2.24) is 0 Å². The van der Waals surface area contributed by atoms with Crippen LogP contribution in [0.5, 0.6) is 0 Å². The smallest absolute Gasteiger partial charge is 0.113 e. The lowest BCUT2D eigenvalue weighted by Gasteiger charge is -1.93. The lowest BCUT2D eigenvalue weighted by atomic mass is 10.0. The van der Waals surface area contributed by atoms with Crippen molar-refractivity contribution in [3.05, 3.63) is 0 Å². The van der Waals surface area contributed by atoms with Crippen LogP contribution >= 0.6 is 0 Å². The quantitative estimate of drug-likeness (QED) is 0.452. The van der Waals surface area contributed by atoms with Gasteiger partial charge in [-0.05, 0) is 0 Å². The predicted molar refractivity (Wildman–Crippen MR) is 33.4 cm³/mol. The summed E-state index contributed by atoms with van der Waals surface area (Å²) in [6.07, 6.45) is 1.54. The fraction of sp³-hybridized carbons (Fsp3) is 0.875. The van der Waals surface area contributed by atoms with Crippen LogP contribution in [0, 0.1) is 29.1 Å². The van der Waals surface area contributed by atoms with Gasteiger partial charge in [-0.1, -0.05) is 0 Å². The monoisotopic (exact) mass is 149 g/mol. The molecule has 56 valence electrons. The average Bonchev–Trinajstić information content (AvgIpc) is 2.86. The summed E-state index contributed by atoms with van der Waals surface area (Å²) >= 11 is 0. The maximum Gasteiger partial charge on any atom is 0.113 e. The molecule has 2 aliphatic carbocycles. The predicted octanol–water partition coefficient (Wildman–Crippen LogP) is -0.0794. The van der Waals surface area contributed by atoms with Crippen molar-refractivity contribution in [1.29, 1.82) is 5.26 Å². The molecule has 1 unspecified atom stereocenters. The highest BCUT2D eigenvalue weighted by atomic mass is 16.7. The Bertz CT molecular complexity index is 262. The van der Waals surface area contributed by atoms with E-state index in [1.54, 1.807) is 0 Å². The van der Waals surface area contributed by atoms with Crippen LogP contribution in [0.1, 0.15) is 0 Å². The summed E-state index contributed by atoms with van der Waals surface area (Å²) in [5, 5.41) is 8.75. The molecule has 0 radical (unpaired) electrons. The molecule has 0 amide bonds. The lowest BCUT2D eigenvalue weighted by Crippen LogP contribution is -2.14. The molecular weight excluding hydrogens is 142 g/mol. The molecule has 2 saturated heterocycles. The van der Waals surface area contributed by atoms with E-state index >= 15 is 0 Å². The van der Waals surface area contributed by atoms with Crippen LogP contribution in [0.3, 0.4) is 0 Å². The first-order chi connectivity index (χ1) is 5.42. The molecule has 2 aliphatic heterocycles. The fourth-order valence-electron chi connectivity index (χ4n) is 2.80. The number of hydrogen-bond acceptors (Lipinski definition) is 3.